The van der Waals surface area contributed by atoms with E-state index < -0.39 is 0 Å². The van der Waals surface area contributed by atoms with Gasteiger partial charge >= 0.3 is 0 Å². The fourth-order valence-electron chi connectivity index (χ4n) is 2.61. The fraction of sp³-hybridized carbons (Fsp3) is 0.333. The molecule has 130 valence electrons. The van der Waals surface area contributed by atoms with Crippen LogP contribution < -0.4 is 5.32 Å². The molecule has 0 aliphatic carbocycles. The predicted octanol–water partition coefficient (Wildman–Crippen LogP) is 2.17. The molecule has 0 fully saturated rings. The van der Waals surface area contributed by atoms with Crippen LogP contribution in [0.5, 0.6) is 0 Å². The molecule has 0 aliphatic rings. The van der Waals surface area contributed by atoms with Crippen molar-refractivity contribution in [3.63, 3.8) is 0 Å². The van der Waals surface area contributed by atoms with Crippen LogP contribution in [0.15, 0.2) is 53.3 Å². The summed E-state index contributed by atoms with van der Waals surface area (Å²) in [6.07, 6.45) is 5.27. The summed E-state index contributed by atoms with van der Waals surface area (Å²) >= 11 is 0. The van der Waals surface area contributed by atoms with E-state index in [2.05, 4.69) is 20.6 Å². The number of rotatable bonds is 8. The van der Waals surface area contributed by atoms with Crippen LogP contribution in [0.3, 0.4) is 0 Å². The minimum Gasteiger partial charge on any atom is -0.354 e. The normalized spacial score (nSPS) is 12.0. The second-order valence-corrected chi connectivity index (χ2v) is 5.72. The first kappa shape index (κ1) is 16.9. The van der Waals surface area contributed by atoms with Gasteiger partial charge in [-0.1, -0.05) is 42.4 Å². The Balaban J connectivity index is 1.48. The average molecular weight is 339 g/mol. The van der Waals surface area contributed by atoms with Crippen molar-refractivity contribution in [2.24, 2.45) is 0 Å². The van der Waals surface area contributed by atoms with Crippen LogP contribution in [0.2, 0.25) is 0 Å². The molecule has 3 aromatic rings. The Hall–Kier alpha value is -2.96. The summed E-state index contributed by atoms with van der Waals surface area (Å²) in [6, 6.07) is 11.5. The van der Waals surface area contributed by atoms with E-state index >= 15 is 0 Å². The summed E-state index contributed by atoms with van der Waals surface area (Å²) in [5.74, 6) is 1.11. The minimum absolute atomic E-state index is 0.0600. The van der Waals surface area contributed by atoms with Crippen LogP contribution in [0.1, 0.15) is 36.7 Å². The number of benzene rings is 1. The lowest BCUT2D eigenvalue weighted by atomic mass is 10.1. The molecule has 0 saturated carbocycles. The van der Waals surface area contributed by atoms with Crippen LogP contribution in [-0.2, 0) is 17.6 Å². The third-order valence-corrected chi connectivity index (χ3v) is 3.89. The first-order chi connectivity index (χ1) is 12.3. The van der Waals surface area contributed by atoms with E-state index in [0.717, 1.165) is 5.56 Å². The van der Waals surface area contributed by atoms with E-state index in [1.165, 1.54) is 0 Å². The molecule has 1 aromatic carbocycles. The molecule has 3 rings (SSSR count). The summed E-state index contributed by atoms with van der Waals surface area (Å²) in [6.45, 7) is 2.41. The van der Waals surface area contributed by atoms with Crippen LogP contribution >= 0.6 is 0 Å². The maximum Gasteiger partial charge on any atom is 0.244 e. The Kier molecular flexibility index (Phi) is 5.56. The van der Waals surface area contributed by atoms with Gasteiger partial charge in [0.1, 0.15) is 6.04 Å². The van der Waals surface area contributed by atoms with Crippen molar-refractivity contribution in [1.82, 2.24) is 25.2 Å². The zero-order chi connectivity index (χ0) is 17.5. The molecule has 2 heterocycles. The zero-order valence-corrected chi connectivity index (χ0v) is 14.1. The maximum absolute atomic E-state index is 12.3. The van der Waals surface area contributed by atoms with Gasteiger partial charge in [0.2, 0.25) is 11.8 Å². The van der Waals surface area contributed by atoms with E-state index in [1.807, 2.05) is 43.3 Å². The molecular weight excluding hydrogens is 318 g/mol. The molecule has 25 heavy (non-hydrogen) atoms. The Morgan fingerprint density at radius 3 is 2.84 bits per heavy atom. The molecule has 2 aromatic heterocycles. The summed E-state index contributed by atoms with van der Waals surface area (Å²) in [7, 11) is 0. The monoisotopic (exact) mass is 339 g/mol. The number of carbonyl (C=O) groups excluding carboxylic acids is 1. The van der Waals surface area contributed by atoms with Crippen molar-refractivity contribution in [3.05, 3.63) is 66.1 Å². The van der Waals surface area contributed by atoms with Crippen molar-refractivity contribution in [3.8, 4) is 0 Å². The lowest BCUT2D eigenvalue weighted by Gasteiger charge is -2.14. The van der Waals surface area contributed by atoms with Crippen LogP contribution in [0.25, 0.3) is 0 Å². The zero-order valence-electron chi connectivity index (χ0n) is 14.1. The van der Waals surface area contributed by atoms with Gasteiger partial charge in [-0.2, -0.15) is 10.1 Å². The number of nitrogens with zero attached hydrogens (tertiary/aromatic N) is 4. The van der Waals surface area contributed by atoms with Gasteiger partial charge in [-0.05, 0) is 18.1 Å². The van der Waals surface area contributed by atoms with Crippen molar-refractivity contribution in [1.29, 1.82) is 0 Å². The molecule has 1 unspecified atom stereocenters. The van der Waals surface area contributed by atoms with Gasteiger partial charge < -0.3 is 9.84 Å². The van der Waals surface area contributed by atoms with E-state index in [-0.39, 0.29) is 11.9 Å². The number of aromatic nitrogens is 4. The van der Waals surface area contributed by atoms with Crippen molar-refractivity contribution in [2.75, 3.05) is 6.54 Å². The third kappa shape index (κ3) is 4.53. The van der Waals surface area contributed by atoms with Gasteiger partial charge in [0.05, 0.1) is 0 Å². The molecule has 1 N–H and O–H groups in total. The largest absolute Gasteiger partial charge is 0.354 e. The molecule has 0 bridgehead atoms. The van der Waals surface area contributed by atoms with Gasteiger partial charge in [-0.15, -0.1) is 0 Å². The summed E-state index contributed by atoms with van der Waals surface area (Å²) in [5, 5.41) is 11.0. The number of amides is 1. The maximum atomic E-state index is 12.3. The third-order valence-electron chi connectivity index (χ3n) is 3.89. The predicted molar refractivity (Wildman–Crippen MR) is 91.8 cm³/mol. The topological polar surface area (TPSA) is 85.8 Å². The minimum atomic E-state index is -0.300. The lowest BCUT2D eigenvalue weighted by Crippen LogP contribution is -2.33. The highest BCUT2D eigenvalue weighted by molar-refractivity contribution is 5.80. The highest BCUT2D eigenvalue weighted by Gasteiger charge is 2.18. The Morgan fingerprint density at radius 2 is 2.12 bits per heavy atom. The molecule has 0 radical (unpaired) electrons. The molecule has 1 amide bonds. The first-order valence-electron chi connectivity index (χ1n) is 8.38. The summed E-state index contributed by atoms with van der Waals surface area (Å²) < 4.78 is 6.91. The summed E-state index contributed by atoms with van der Waals surface area (Å²) in [5.41, 5.74) is 1.13. The molecular formula is C18H21N5O2. The van der Waals surface area contributed by atoms with Crippen LogP contribution in [-0.4, -0.2) is 32.4 Å². The molecule has 0 spiro atoms. The van der Waals surface area contributed by atoms with Crippen LogP contribution in [0.4, 0.5) is 0 Å². The Labute approximate surface area is 146 Å². The second kappa shape index (κ2) is 8.23. The Morgan fingerprint density at radius 1 is 1.28 bits per heavy atom. The van der Waals surface area contributed by atoms with E-state index in [4.69, 9.17) is 4.52 Å². The quantitative estimate of drug-likeness (QED) is 0.680. The lowest BCUT2D eigenvalue weighted by molar-refractivity contribution is -0.124. The van der Waals surface area contributed by atoms with Crippen molar-refractivity contribution < 1.29 is 9.32 Å². The molecule has 1 atom stereocenters. The molecule has 7 nitrogen and oxygen atoms in total. The highest BCUT2D eigenvalue weighted by Crippen LogP contribution is 2.10. The van der Waals surface area contributed by atoms with Crippen molar-refractivity contribution in [2.45, 2.75) is 32.2 Å². The van der Waals surface area contributed by atoms with E-state index in [1.54, 1.807) is 17.1 Å². The van der Waals surface area contributed by atoms with E-state index in [9.17, 15) is 4.79 Å². The van der Waals surface area contributed by atoms with Crippen molar-refractivity contribution >= 4 is 5.91 Å². The van der Waals surface area contributed by atoms with Gasteiger partial charge in [0.15, 0.2) is 5.82 Å². The van der Waals surface area contributed by atoms with Gasteiger partial charge in [-0.3, -0.25) is 9.48 Å². The summed E-state index contributed by atoms with van der Waals surface area (Å²) in [4.78, 5) is 16.6. The number of carbonyl (C=O) groups is 1. The first-order valence-corrected chi connectivity index (χ1v) is 8.38. The SMILES string of the molecule is CCC(C(=O)NCCc1nc(Cc2ccccc2)no1)n1cccn1. The number of hydrogen-bond donors (Lipinski definition) is 1. The van der Waals surface area contributed by atoms with Gasteiger partial charge in [-0.25, -0.2) is 0 Å². The molecule has 7 heteroatoms. The standard InChI is InChI=1S/C18H21N5O2/c1-2-15(23-12-6-10-20-23)18(24)19-11-9-17-21-16(22-25-17)13-14-7-4-3-5-8-14/h3-8,10,12,15H,2,9,11,13H2,1H3,(H,19,24). The smallest absolute Gasteiger partial charge is 0.244 e. The fourth-order valence-corrected chi connectivity index (χ4v) is 2.61. The average Bonchev–Trinajstić information content (AvgIpc) is 3.29. The van der Waals surface area contributed by atoms with Gasteiger partial charge in [0, 0.05) is 31.8 Å². The molecule has 0 aliphatic heterocycles. The van der Waals surface area contributed by atoms with Crippen LogP contribution in [0, 0.1) is 0 Å². The van der Waals surface area contributed by atoms with E-state index in [0.29, 0.717) is 37.5 Å². The Bertz CT molecular complexity index is 783. The van der Waals surface area contributed by atoms with Gasteiger partial charge in [0.25, 0.3) is 0 Å². The number of nitrogens with one attached hydrogen (secondary N) is 1. The molecule has 0 saturated heterocycles. The highest BCUT2D eigenvalue weighted by atomic mass is 16.5. The second-order valence-electron chi connectivity index (χ2n) is 5.72. The number of hydrogen-bond acceptors (Lipinski definition) is 5.